The van der Waals surface area contributed by atoms with Gasteiger partial charge in [-0.3, -0.25) is 9.67 Å². The third kappa shape index (κ3) is 3.88. The normalized spacial score (nSPS) is 10.5. The number of hydrogen-bond donors (Lipinski definition) is 1. The van der Waals surface area contributed by atoms with E-state index >= 15 is 0 Å². The summed E-state index contributed by atoms with van der Waals surface area (Å²) in [5.41, 5.74) is 4.49. The molecule has 0 unspecified atom stereocenters. The lowest BCUT2D eigenvalue weighted by atomic mass is 10.1. The van der Waals surface area contributed by atoms with Crippen molar-refractivity contribution >= 4 is 5.69 Å². The van der Waals surface area contributed by atoms with E-state index in [1.54, 1.807) is 19.5 Å². The molecule has 0 atom stereocenters. The average molecular weight is 308 g/mol. The molecule has 0 fully saturated rings. The minimum absolute atomic E-state index is 0.734. The molecule has 5 nitrogen and oxygen atoms in total. The Morgan fingerprint density at radius 3 is 2.74 bits per heavy atom. The number of benzene rings is 1. The van der Waals surface area contributed by atoms with Crippen LogP contribution in [0, 0.1) is 6.92 Å². The van der Waals surface area contributed by atoms with E-state index in [2.05, 4.69) is 33.6 Å². The Morgan fingerprint density at radius 2 is 1.96 bits per heavy atom. The van der Waals surface area contributed by atoms with E-state index in [0.29, 0.717) is 0 Å². The van der Waals surface area contributed by atoms with Gasteiger partial charge in [-0.1, -0.05) is 12.1 Å². The monoisotopic (exact) mass is 308 g/mol. The Kier molecular flexibility index (Phi) is 4.57. The summed E-state index contributed by atoms with van der Waals surface area (Å²) in [5, 5.41) is 7.77. The maximum Gasteiger partial charge on any atom is 0.122 e. The Balaban J connectivity index is 1.61. The highest BCUT2D eigenvalue weighted by Gasteiger charge is 2.02. The summed E-state index contributed by atoms with van der Waals surface area (Å²) in [6, 6.07) is 10.2. The van der Waals surface area contributed by atoms with Gasteiger partial charge in [0, 0.05) is 25.1 Å². The van der Waals surface area contributed by atoms with E-state index in [1.165, 1.54) is 11.1 Å². The lowest BCUT2D eigenvalue weighted by Gasteiger charge is -2.08. The van der Waals surface area contributed by atoms with Gasteiger partial charge in [-0.15, -0.1) is 0 Å². The first kappa shape index (κ1) is 15.1. The number of aromatic nitrogens is 3. The van der Waals surface area contributed by atoms with Gasteiger partial charge in [0.15, 0.2) is 0 Å². The first-order valence-electron chi connectivity index (χ1n) is 7.53. The summed E-state index contributed by atoms with van der Waals surface area (Å²) in [5.74, 6) is 0.915. The predicted molar refractivity (Wildman–Crippen MR) is 90.6 cm³/mol. The fourth-order valence-corrected chi connectivity index (χ4v) is 2.40. The zero-order chi connectivity index (χ0) is 16.1. The van der Waals surface area contributed by atoms with Gasteiger partial charge in [-0.2, -0.15) is 5.10 Å². The topological polar surface area (TPSA) is 52.0 Å². The summed E-state index contributed by atoms with van der Waals surface area (Å²) in [6.45, 7) is 3.51. The number of hydrogen-bond acceptors (Lipinski definition) is 4. The Bertz CT molecular complexity index is 768. The van der Waals surface area contributed by atoms with Gasteiger partial charge < -0.3 is 10.1 Å². The lowest BCUT2D eigenvalue weighted by molar-refractivity contribution is 0.411. The molecule has 2 heterocycles. The number of aryl methyl sites for hydroxylation is 1. The minimum Gasteiger partial charge on any atom is -0.496 e. The smallest absolute Gasteiger partial charge is 0.122 e. The number of rotatable bonds is 6. The minimum atomic E-state index is 0.734. The molecule has 0 saturated carbocycles. The molecule has 1 aromatic carbocycles. The van der Waals surface area contributed by atoms with Crippen molar-refractivity contribution in [3.8, 4) is 5.75 Å². The molecule has 2 aromatic heterocycles. The van der Waals surface area contributed by atoms with E-state index in [9.17, 15) is 0 Å². The summed E-state index contributed by atoms with van der Waals surface area (Å²) in [6.07, 6.45) is 7.43. The van der Waals surface area contributed by atoms with Crippen LogP contribution in [-0.2, 0) is 13.1 Å². The van der Waals surface area contributed by atoms with Gasteiger partial charge in [0.2, 0.25) is 0 Å². The number of nitrogens with one attached hydrogen (secondary N) is 1. The van der Waals surface area contributed by atoms with Crippen LogP contribution < -0.4 is 10.1 Å². The van der Waals surface area contributed by atoms with Crippen LogP contribution in [0.15, 0.2) is 55.1 Å². The summed E-state index contributed by atoms with van der Waals surface area (Å²) >= 11 is 0. The van der Waals surface area contributed by atoms with Gasteiger partial charge in [-0.25, -0.2) is 0 Å². The quantitative estimate of drug-likeness (QED) is 0.759. The molecule has 0 radical (unpaired) electrons. The van der Waals surface area contributed by atoms with Gasteiger partial charge in [-0.05, 0) is 41.8 Å². The van der Waals surface area contributed by atoms with Gasteiger partial charge in [0.05, 0.1) is 25.5 Å². The van der Waals surface area contributed by atoms with Gasteiger partial charge in [0.25, 0.3) is 0 Å². The highest BCUT2D eigenvalue weighted by atomic mass is 16.5. The Hall–Kier alpha value is -2.82. The van der Waals surface area contributed by atoms with E-state index < -0.39 is 0 Å². The molecule has 0 aliphatic heterocycles. The number of nitrogens with zero attached hydrogens (tertiary/aromatic N) is 3. The second-order valence-corrected chi connectivity index (χ2v) is 5.44. The zero-order valence-corrected chi connectivity index (χ0v) is 13.4. The third-order valence-corrected chi connectivity index (χ3v) is 3.70. The second kappa shape index (κ2) is 6.96. The van der Waals surface area contributed by atoms with E-state index in [-0.39, 0.29) is 0 Å². The fraction of sp³-hybridized carbons (Fsp3) is 0.222. The molecular weight excluding hydrogens is 288 g/mol. The first-order valence-corrected chi connectivity index (χ1v) is 7.53. The summed E-state index contributed by atoms with van der Waals surface area (Å²) in [4.78, 5) is 4.02. The van der Waals surface area contributed by atoms with Crippen molar-refractivity contribution < 1.29 is 4.74 Å². The molecule has 23 heavy (non-hydrogen) atoms. The predicted octanol–water partition coefficient (Wildman–Crippen LogP) is 3.26. The van der Waals surface area contributed by atoms with Crippen LogP contribution in [-0.4, -0.2) is 21.9 Å². The van der Waals surface area contributed by atoms with Crippen molar-refractivity contribution in [2.45, 2.75) is 20.0 Å². The molecule has 1 N–H and O–H groups in total. The van der Waals surface area contributed by atoms with Crippen LogP contribution in [0.3, 0.4) is 0 Å². The number of methoxy groups -OCH3 is 1. The van der Waals surface area contributed by atoms with Crippen molar-refractivity contribution in [1.82, 2.24) is 14.8 Å². The Morgan fingerprint density at radius 1 is 1.13 bits per heavy atom. The molecule has 3 aromatic rings. The van der Waals surface area contributed by atoms with Gasteiger partial charge in [0.1, 0.15) is 5.75 Å². The third-order valence-electron chi connectivity index (χ3n) is 3.70. The SMILES string of the molecule is COc1cc(CNc2cnn(Cc3ccncc3)c2)ccc1C. The van der Waals surface area contributed by atoms with Crippen LogP contribution in [0.25, 0.3) is 0 Å². The highest BCUT2D eigenvalue weighted by molar-refractivity contribution is 5.42. The van der Waals surface area contributed by atoms with Crippen LogP contribution in [0.1, 0.15) is 16.7 Å². The van der Waals surface area contributed by atoms with Crippen molar-refractivity contribution in [1.29, 1.82) is 0 Å². The maximum absolute atomic E-state index is 5.36. The van der Waals surface area contributed by atoms with Gasteiger partial charge >= 0.3 is 0 Å². The number of pyridine rings is 1. The van der Waals surface area contributed by atoms with Crippen molar-refractivity contribution in [3.63, 3.8) is 0 Å². The highest BCUT2D eigenvalue weighted by Crippen LogP contribution is 2.19. The van der Waals surface area contributed by atoms with E-state index in [4.69, 9.17) is 4.74 Å². The standard InChI is InChI=1S/C18H20N4O/c1-14-3-4-16(9-18(14)23-2)10-20-17-11-21-22(13-17)12-15-5-7-19-8-6-15/h3-9,11,13,20H,10,12H2,1-2H3. The molecule has 0 bridgehead atoms. The molecule has 0 aliphatic carbocycles. The Labute approximate surface area is 135 Å². The lowest BCUT2D eigenvalue weighted by Crippen LogP contribution is -2.01. The summed E-state index contributed by atoms with van der Waals surface area (Å²) in [7, 11) is 1.70. The van der Waals surface area contributed by atoms with E-state index in [0.717, 1.165) is 30.1 Å². The molecule has 0 saturated heterocycles. The fourth-order valence-electron chi connectivity index (χ4n) is 2.40. The first-order chi connectivity index (χ1) is 11.2. The van der Waals surface area contributed by atoms with Crippen LogP contribution in [0.5, 0.6) is 5.75 Å². The van der Waals surface area contributed by atoms with Crippen molar-refractivity contribution in [3.05, 3.63) is 71.8 Å². The molecule has 0 aliphatic rings. The second-order valence-electron chi connectivity index (χ2n) is 5.44. The molecular formula is C18H20N4O. The zero-order valence-electron chi connectivity index (χ0n) is 13.4. The van der Waals surface area contributed by atoms with Crippen LogP contribution in [0.2, 0.25) is 0 Å². The number of anilines is 1. The van der Waals surface area contributed by atoms with Crippen LogP contribution in [0.4, 0.5) is 5.69 Å². The van der Waals surface area contributed by atoms with Crippen LogP contribution >= 0.6 is 0 Å². The molecule has 0 spiro atoms. The maximum atomic E-state index is 5.36. The molecule has 118 valence electrons. The molecule has 3 rings (SSSR count). The molecule has 5 heteroatoms. The largest absolute Gasteiger partial charge is 0.496 e. The van der Waals surface area contributed by atoms with E-state index in [1.807, 2.05) is 36.1 Å². The van der Waals surface area contributed by atoms with Crippen molar-refractivity contribution in [2.24, 2.45) is 0 Å². The number of ether oxygens (including phenoxy) is 1. The van der Waals surface area contributed by atoms with Crippen molar-refractivity contribution in [2.75, 3.05) is 12.4 Å². The average Bonchev–Trinajstić information content (AvgIpc) is 3.02. The molecule has 0 amide bonds. The summed E-state index contributed by atoms with van der Waals surface area (Å²) < 4.78 is 7.27.